The highest BCUT2D eigenvalue weighted by atomic mass is 19.2. The second-order valence-electron chi connectivity index (χ2n) is 10.1. The third-order valence-corrected chi connectivity index (χ3v) is 6.99. The molecule has 190 valence electrons. The third-order valence-electron chi connectivity index (χ3n) is 6.99. The van der Waals surface area contributed by atoms with E-state index in [9.17, 15) is 18.4 Å². The standard InChI is InChI=1S/C29H28F2N4O2/c1-14(2)11-22-25(28(32)36)24(26-27(34-22)15(3)33-29(26)37)19-6-8-23-18(12-19)9-10-35(23)16(4)17-5-7-20(30)21(31)13-17/h5-10,12-16H,11H2,1-4H3,(H2,32,36)(H,33,37). The van der Waals surface area contributed by atoms with Crippen LogP contribution in [0.1, 0.15) is 77.4 Å². The summed E-state index contributed by atoms with van der Waals surface area (Å²) >= 11 is 0. The number of primary amides is 1. The number of hydrogen-bond donors (Lipinski definition) is 2. The Balaban J connectivity index is 1.68. The number of carbonyl (C=O) groups excluding carboxylic acids is 2. The summed E-state index contributed by atoms with van der Waals surface area (Å²) in [4.78, 5) is 30.4. The van der Waals surface area contributed by atoms with Crippen LogP contribution in [0.25, 0.3) is 22.0 Å². The van der Waals surface area contributed by atoms with Crippen LogP contribution in [0.4, 0.5) is 8.78 Å². The zero-order chi connectivity index (χ0) is 26.6. The minimum Gasteiger partial charge on any atom is -0.366 e. The Bertz CT molecular complexity index is 1570. The van der Waals surface area contributed by atoms with Crippen molar-refractivity contribution in [2.24, 2.45) is 11.7 Å². The van der Waals surface area contributed by atoms with E-state index in [4.69, 9.17) is 10.7 Å². The normalized spacial score (nSPS) is 15.8. The average Bonchev–Trinajstić information content (AvgIpc) is 3.38. The molecule has 0 aliphatic carbocycles. The molecule has 4 aromatic rings. The molecule has 0 bridgehead atoms. The summed E-state index contributed by atoms with van der Waals surface area (Å²) in [7, 11) is 0. The van der Waals surface area contributed by atoms with Crippen molar-refractivity contribution in [1.29, 1.82) is 0 Å². The van der Waals surface area contributed by atoms with Gasteiger partial charge in [-0.05, 0) is 67.6 Å². The van der Waals surface area contributed by atoms with Gasteiger partial charge in [-0.15, -0.1) is 0 Å². The van der Waals surface area contributed by atoms with Crippen molar-refractivity contribution in [3.05, 3.63) is 88.4 Å². The lowest BCUT2D eigenvalue weighted by atomic mass is 9.89. The van der Waals surface area contributed by atoms with Crippen LogP contribution >= 0.6 is 0 Å². The molecule has 0 radical (unpaired) electrons. The molecule has 3 heterocycles. The van der Waals surface area contributed by atoms with Crippen LogP contribution in [-0.2, 0) is 6.42 Å². The minimum absolute atomic E-state index is 0.228. The Morgan fingerprint density at radius 1 is 1.08 bits per heavy atom. The molecular formula is C29H28F2N4O2. The van der Waals surface area contributed by atoms with Gasteiger partial charge < -0.3 is 15.6 Å². The fraction of sp³-hybridized carbons (Fsp3) is 0.276. The molecule has 3 N–H and O–H groups in total. The van der Waals surface area contributed by atoms with Gasteiger partial charge in [0.25, 0.3) is 11.8 Å². The third kappa shape index (κ3) is 4.16. The molecule has 2 amide bonds. The molecule has 2 aromatic heterocycles. The Labute approximate surface area is 213 Å². The maximum absolute atomic E-state index is 13.9. The summed E-state index contributed by atoms with van der Waals surface area (Å²) in [6, 6.07) is 10.9. The predicted octanol–water partition coefficient (Wildman–Crippen LogP) is 5.69. The lowest BCUT2D eigenvalue weighted by molar-refractivity contribution is 0.0959. The number of carbonyl (C=O) groups is 2. The van der Waals surface area contributed by atoms with E-state index in [1.54, 1.807) is 6.07 Å². The van der Waals surface area contributed by atoms with Gasteiger partial charge in [0, 0.05) is 22.7 Å². The first-order valence-electron chi connectivity index (χ1n) is 12.3. The lowest BCUT2D eigenvalue weighted by Gasteiger charge is -2.18. The summed E-state index contributed by atoms with van der Waals surface area (Å²) in [6.45, 7) is 7.85. The maximum Gasteiger partial charge on any atom is 0.254 e. The van der Waals surface area contributed by atoms with Gasteiger partial charge in [0.05, 0.1) is 34.6 Å². The summed E-state index contributed by atoms with van der Waals surface area (Å²) in [5.41, 5.74) is 10.4. The van der Waals surface area contributed by atoms with E-state index in [-0.39, 0.29) is 29.5 Å². The molecule has 6 nitrogen and oxygen atoms in total. The molecule has 0 saturated carbocycles. The fourth-order valence-electron chi connectivity index (χ4n) is 5.21. The van der Waals surface area contributed by atoms with Gasteiger partial charge in [-0.25, -0.2) is 8.78 Å². The van der Waals surface area contributed by atoms with Gasteiger partial charge in [0.1, 0.15) is 0 Å². The number of nitrogens with two attached hydrogens (primary N) is 1. The summed E-state index contributed by atoms with van der Waals surface area (Å²) in [5, 5.41) is 3.77. The number of pyridine rings is 1. The van der Waals surface area contributed by atoms with Crippen LogP contribution in [0.5, 0.6) is 0 Å². The second-order valence-corrected chi connectivity index (χ2v) is 10.1. The maximum atomic E-state index is 13.9. The largest absolute Gasteiger partial charge is 0.366 e. The first-order chi connectivity index (χ1) is 17.6. The molecule has 1 aliphatic heterocycles. The smallest absolute Gasteiger partial charge is 0.254 e. The SMILES string of the molecule is CC(C)Cc1nc2c(c(-c3ccc4c(ccn4C(C)c4ccc(F)c(F)c4)c3)c1C(N)=O)C(=O)NC2C. The second kappa shape index (κ2) is 9.10. The lowest BCUT2D eigenvalue weighted by Crippen LogP contribution is -2.20. The van der Waals surface area contributed by atoms with Gasteiger partial charge in [-0.3, -0.25) is 14.6 Å². The highest BCUT2D eigenvalue weighted by molar-refractivity contribution is 6.12. The molecule has 5 rings (SSSR count). The van der Waals surface area contributed by atoms with E-state index in [1.807, 2.05) is 62.7 Å². The Morgan fingerprint density at radius 3 is 2.51 bits per heavy atom. The van der Waals surface area contributed by atoms with Crippen molar-refractivity contribution < 1.29 is 18.4 Å². The molecule has 2 atom stereocenters. The molecule has 0 spiro atoms. The van der Waals surface area contributed by atoms with E-state index in [0.29, 0.717) is 40.1 Å². The van der Waals surface area contributed by atoms with Crippen molar-refractivity contribution in [1.82, 2.24) is 14.9 Å². The molecule has 1 aliphatic rings. The number of benzene rings is 2. The van der Waals surface area contributed by atoms with Crippen LogP contribution in [-0.4, -0.2) is 21.4 Å². The molecule has 2 aromatic carbocycles. The first kappa shape index (κ1) is 24.6. The summed E-state index contributed by atoms with van der Waals surface area (Å²) in [5.74, 6) is -2.46. The number of amides is 2. The van der Waals surface area contributed by atoms with Crippen molar-refractivity contribution >= 4 is 22.7 Å². The van der Waals surface area contributed by atoms with E-state index in [0.717, 1.165) is 17.0 Å². The zero-order valence-corrected chi connectivity index (χ0v) is 21.1. The molecular weight excluding hydrogens is 474 g/mol. The van der Waals surface area contributed by atoms with Crippen LogP contribution in [0, 0.1) is 17.6 Å². The van der Waals surface area contributed by atoms with Crippen LogP contribution in [0.3, 0.4) is 0 Å². The number of nitrogens with one attached hydrogen (secondary N) is 1. The van der Waals surface area contributed by atoms with Crippen LogP contribution in [0.15, 0.2) is 48.7 Å². The quantitative estimate of drug-likeness (QED) is 0.355. The molecule has 0 saturated heterocycles. The first-order valence-corrected chi connectivity index (χ1v) is 12.3. The number of nitrogens with zero attached hydrogens (tertiary/aromatic N) is 2. The average molecular weight is 503 g/mol. The number of hydrogen-bond acceptors (Lipinski definition) is 3. The van der Waals surface area contributed by atoms with E-state index < -0.39 is 17.5 Å². The van der Waals surface area contributed by atoms with E-state index >= 15 is 0 Å². The van der Waals surface area contributed by atoms with Crippen molar-refractivity contribution in [2.45, 2.75) is 46.2 Å². The number of rotatable bonds is 6. The molecule has 2 unspecified atom stereocenters. The number of halogens is 2. The van der Waals surface area contributed by atoms with Gasteiger partial charge >= 0.3 is 0 Å². The highest BCUT2D eigenvalue weighted by Gasteiger charge is 2.35. The Hall–Kier alpha value is -4.07. The summed E-state index contributed by atoms with van der Waals surface area (Å²) < 4.78 is 29.3. The highest BCUT2D eigenvalue weighted by Crippen LogP contribution is 2.39. The van der Waals surface area contributed by atoms with Crippen LogP contribution in [0.2, 0.25) is 0 Å². The number of fused-ring (bicyclic) bond motifs is 2. The molecule has 8 heteroatoms. The Morgan fingerprint density at radius 2 is 1.84 bits per heavy atom. The van der Waals surface area contributed by atoms with Gasteiger partial charge in [0.2, 0.25) is 0 Å². The van der Waals surface area contributed by atoms with E-state index in [1.165, 1.54) is 6.07 Å². The van der Waals surface area contributed by atoms with Crippen LogP contribution < -0.4 is 11.1 Å². The van der Waals surface area contributed by atoms with Gasteiger partial charge in [-0.2, -0.15) is 0 Å². The van der Waals surface area contributed by atoms with Gasteiger partial charge in [-0.1, -0.05) is 26.0 Å². The minimum atomic E-state index is -0.890. The van der Waals surface area contributed by atoms with Gasteiger partial charge in [0.15, 0.2) is 11.6 Å². The Kier molecular flexibility index (Phi) is 6.06. The van der Waals surface area contributed by atoms with Crippen molar-refractivity contribution in [3.8, 4) is 11.1 Å². The predicted molar refractivity (Wildman–Crippen MR) is 138 cm³/mol. The summed E-state index contributed by atoms with van der Waals surface area (Å²) in [6.07, 6.45) is 2.43. The zero-order valence-electron chi connectivity index (χ0n) is 21.1. The monoisotopic (exact) mass is 502 g/mol. The van der Waals surface area contributed by atoms with Crippen molar-refractivity contribution in [3.63, 3.8) is 0 Å². The number of aromatic nitrogens is 2. The molecule has 0 fully saturated rings. The fourth-order valence-corrected chi connectivity index (χ4v) is 5.21. The van der Waals surface area contributed by atoms with Crippen molar-refractivity contribution in [2.75, 3.05) is 0 Å². The molecule has 37 heavy (non-hydrogen) atoms. The topological polar surface area (TPSA) is 90.0 Å². The van der Waals surface area contributed by atoms with E-state index in [2.05, 4.69) is 5.32 Å².